The Morgan fingerprint density at radius 3 is 2.66 bits per heavy atom. The highest BCUT2D eigenvalue weighted by Crippen LogP contribution is 2.28. The lowest BCUT2D eigenvalue weighted by atomic mass is 10.1. The smallest absolute Gasteiger partial charge is 0.351 e. The number of para-hydroxylation sites is 1. The number of nitrogens with zero attached hydrogens (tertiary/aromatic N) is 3. The highest BCUT2D eigenvalue weighted by molar-refractivity contribution is 5.46. The summed E-state index contributed by atoms with van der Waals surface area (Å²) >= 11 is 0. The molecule has 0 saturated carbocycles. The third-order valence-electron chi connectivity index (χ3n) is 4.49. The summed E-state index contributed by atoms with van der Waals surface area (Å²) in [5.74, 6) is 0.263. The van der Waals surface area contributed by atoms with Gasteiger partial charge in [0.15, 0.2) is 0 Å². The van der Waals surface area contributed by atoms with Gasteiger partial charge < -0.3 is 20.3 Å². The Morgan fingerprint density at radius 1 is 1.38 bits per heavy atom. The van der Waals surface area contributed by atoms with Crippen LogP contribution in [0.4, 0.5) is 11.5 Å². The maximum absolute atomic E-state index is 12.3. The average molecular weight is 406 g/mol. The van der Waals surface area contributed by atoms with Crippen LogP contribution in [0, 0.1) is 10.1 Å². The highest BCUT2D eigenvalue weighted by atomic mass is 16.6. The molecule has 158 valence electrons. The number of nitrogens with one attached hydrogen (secondary N) is 1. The molecule has 1 aromatic heterocycles. The zero-order valence-corrected chi connectivity index (χ0v) is 16.6. The van der Waals surface area contributed by atoms with E-state index in [-0.39, 0.29) is 24.5 Å². The lowest BCUT2D eigenvalue weighted by Crippen LogP contribution is -2.28. The molecule has 1 fully saturated rings. The van der Waals surface area contributed by atoms with Crippen LogP contribution in [0.1, 0.15) is 45.0 Å². The van der Waals surface area contributed by atoms with Gasteiger partial charge in [0.25, 0.3) is 5.69 Å². The number of benzene rings is 1. The molecule has 2 unspecified atom stereocenters. The first-order valence-corrected chi connectivity index (χ1v) is 9.44. The maximum atomic E-state index is 12.3. The molecule has 0 spiro atoms. The number of nitro groups is 1. The number of anilines is 1. The molecule has 2 heterocycles. The number of rotatable bonds is 6. The number of aromatic nitrogens is 2. The molecular weight excluding hydrogens is 380 g/mol. The van der Waals surface area contributed by atoms with Crippen LogP contribution in [-0.4, -0.2) is 43.5 Å². The first-order chi connectivity index (χ1) is 13.9. The minimum absolute atomic E-state index is 0.0192. The molecule has 10 nitrogen and oxygen atoms in total. The normalized spacial score (nSPS) is 21.8. The Balaban J connectivity index is 0.00000145. The molecule has 0 radical (unpaired) electrons. The van der Waals surface area contributed by atoms with Gasteiger partial charge >= 0.3 is 5.69 Å². The summed E-state index contributed by atoms with van der Waals surface area (Å²) in [5, 5.41) is 33.1. The van der Waals surface area contributed by atoms with Gasteiger partial charge in [0, 0.05) is 18.7 Å². The number of aliphatic hydroxyl groups is 2. The van der Waals surface area contributed by atoms with E-state index < -0.39 is 35.1 Å². The standard InChI is InChI=1S/C17H20N4O6.C2H6/c1-10(11-4-2-3-5-12(11)21(25)26)18-15-6-7-20(17(24)19-15)16-8-13(23)14(9-22)27-16;1-2/h2-7,10,13-14,16,22-23H,8-9H2,1H3,(H,18,19,24);1-2H3/t10?,13-,14?,16-;/m1./s1. The molecule has 29 heavy (non-hydrogen) atoms. The topological polar surface area (TPSA) is 140 Å². The monoisotopic (exact) mass is 406 g/mol. The zero-order valence-electron chi connectivity index (χ0n) is 16.6. The van der Waals surface area contributed by atoms with Gasteiger partial charge in [0.1, 0.15) is 18.1 Å². The summed E-state index contributed by atoms with van der Waals surface area (Å²) in [5.41, 5.74) is -0.138. The second kappa shape index (κ2) is 10.1. The fraction of sp³-hybridized carbons (Fsp3) is 0.474. The SMILES string of the molecule is CC.CC(Nc1ccn([C@H]2C[C@@H](O)C(CO)O2)c(=O)n1)c1ccccc1[N+](=O)[O-]. The Morgan fingerprint density at radius 2 is 2.07 bits per heavy atom. The van der Waals surface area contributed by atoms with Crippen molar-refractivity contribution in [1.29, 1.82) is 0 Å². The predicted octanol–water partition coefficient (Wildman–Crippen LogP) is 1.99. The van der Waals surface area contributed by atoms with Crippen molar-refractivity contribution in [1.82, 2.24) is 9.55 Å². The summed E-state index contributed by atoms with van der Waals surface area (Å²) in [4.78, 5) is 26.9. The predicted molar refractivity (Wildman–Crippen MR) is 107 cm³/mol. The summed E-state index contributed by atoms with van der Waals surface area (Å²) in [7, 11) is 0. The van der Waals surface area contributed by atoms with Crippen LogP contribution in [0.5, 0.6) is 0 Å². The first kappa shape index (κ1) is 22.5. The van der Waals surface area contributed by atoms with Crippen LogP contribution in [0.25, 0.3) is 0 Å². The quantitative estimate of drug-likeness (QED) is 0.489. The van der Waals surface area contributed by atoms with Crippen LogP contribution in [-0.2, 0) is 4.74 Å². The molecule has 1 aliphatic rings. The van der Waals surface area contributed by atoms with Crippen molar-refractivity contribution in [2.24, 2.45) is 0 Å². The molecule has 1 saturated heterocycles. The van der Waals surface area contributed by atoms with Gasteiger partial charge in [-0.15, -0.1) is 0 Å². The van der Waals surface area contributed by atoms with Gasteiger partial charge in [-0.05, 0) is 13.0 Å². The van der Waals surface area contributed by atoms with E-state index in [0.29, 0.717) is 5.56 Å². The van der Waals surface area contributed by atoms with E-state index in [0.717, 1.165) is 0 Å². The van der Waals surface area contributed by atoms with E-state index in [4.69, 9.17) is 9.84 Å². The van der Waals surface area contributed by atoms with Crippen molar-refractivity contribution >= 4 is 11.5 Å². The van der Waals surface area contributed by atoms with Crippen LogP contribution in [0.15, 0.2) is 41.3 Å². The van der Waals surface area contributed by atoms with Gasteiger partial charge in [-0.1, -0.05) is 32.0 Å². The Kier molecular flexibility index (Phi) is 7.82. The summed E-state index contributed by atoms with van der Waals surface area (Å²) in [6.07, 6.45) is -0.659. The zero-order chi connectivity index (χ0) is 21.6. The van der Waals surface area contributed by atoms with Crippen molar-refractivity contribution in [2.45, 2.75) is 51.7 Å². The maximum Gasteiger partial charge on any atom is 0.351 e. The van der Waals surface area contributed by atoms with E-state index in [1.54, 1.807) is 31.2 Å². The molecule has 0 amide bonds. The van der Waals surface area contributed by atoms with E-state index in [2.05, 4.69) is 10.3 Å². The minimum atomic E-state index is -0.858. The van der Waals surface area contributed by atoms with Gasteiger partial charge in [-0.2, -0.15) is 4.98 Å². The van der Waals surface area contributed by atoms with Crippen LogP contribution in [0.2, 0.25) is 0 Å². The van der Waals surface area contributed by atoms with Crippen LogP contribution < -0.4 is 11.0 Å². The Labute approximate surface area is 167 Å². The van der Waals surface area contributed by atoms with E-state index in [9.17, 15) is 20.0 Å². The van der Waals surface area contributed by atoms with E-state index in [1.165, 1.54) is 16.8 Å². The van der Waals surface area contributed by atoms with Crippen molar-refractivity contribution in [3.05, 3.63) is 62.7 Å². The number of hydrogen-bond acceptors (Lipinski definition) is 8. The van der Waals surface area contributed by atoms with Crippen molar-refractivity contribution in [3.63, 3.8) is 0 Å². The first-order valence-electron chi connectivity index (χ1n) is 9.44. The highest BCUT2D eigenvalue weighted by Gasteiger charge is 2.35. The lowest BCUT2D eigenvalue weighted by Gasteiger charge is -2.17. The fourth-order valence-corrected chi connectivity index (χ4v) is 3.08. The molecule has 4 atom stereocenters. The minimum Gasteiger partial charge on any atom is -0.394 e. The van der Waals surface area contributed by atoms with Crippen molar-refractivity contribution in [3.8, 4) is 0 Å². The van der Waals surface area contributed by atoms with E-state index in [1.807, 2.05) is 13.8 Å². The van der Waals surface area contributed by atoms with Crippen LogP contribution >= 0.6 is 0 Å². The van der Waals surface area contributed by atoms with E-state index >= 15 is 0 Å². The fourth-order valence-electron chi connectivity index (χ4n) is 3.08. The third-order valence-corrected chi connectivity index (χ3v) is 4.49. The lowest BCUT2D eigenvalue weighted by molar-refractivity contribution is -0.385. The van der Waals surface area contributed by atoms with Gasteiger partial charge in [0.2, 0.25) is 0 Å². The average Bonchev–Trinajstić information content (AvgIpc) is 3.10. The largest absolute Gasteiger partial charge is 0.394 e. The molecule has 0 aliphatic carbocycles. The van der Waals surface area contributed by atoms with Crippen molar-refractivity contribution < 1.29 is 19.9 Å². The third kappa shape index (κ3) is 5.17. The molecule has 1 aliphatic heterocycles. The molecular formula is C19H26N4O6. The number of nitro benzene ring substituents is 1. The number of ether oxygens (including phenoxy) is 1. The van der Waals surface area contributed by atoms with Gasteiger partial charge in [-0.3, -0.25) is 14.7 Å². The van der Waals surface area contributed by atoms with Gasteiger partial charge in [0.05, 0.1) is 29.2 Å². The van der Waals surface area contributed by atoms with Gasteiger partial charge in [-0.25, -0.2) is 4.79 Å². The van der Waals surface area contributed by atoms with Crippen molar-refractivity contribution in [2.75, 3.05) is 11.9 Å². The summed E-state index contributed by atoms with van der Waals surface area (Å²) in [6.45, 7) is 5.39. The van der Waals surface area contributed by atoms with Crippen LogP contribution in [0.3, 0.4) is 0 Å². The number of aliphatic hydroxyl groups excluding tert-OH is 2. The molecule has 3 N–H and O–H groups in total. The second-order valence-electron chi connectivity index (χ2n) is 6.30. The number of hydrogen-bond donors (Lipinski definition) is 3. The molecule has 3 rings (SSSR count). The Bertz CT molecular complexity index is 887. The Hall–Kier alpha value is -2.82. The molecule has 10 heteroatoms. The molecule has 1 aromatic carbocycles. The summed E-state index contributed by atoms with van der Waals surface area (Å²) < 4.78 is 6.69. The second-order valence-corrected chi connectivity index (χ2v) is 6.30. The molecule has 2 aromatic rings. The molecule has 0 bridgehead atoms. The summed E-state index contributed by atoms with van der Waals surface area (Å²) in [6, 6.07) is 7.45.